The van der Waals surface area contributed by atoms with E-state index in [0.717, 1.165) is 12.1 Å². The first-order valence-electron chi connectivity index (χ1n) is 6.19. The molecule has 0 fully saturated rings. The van der Waals surface area contributed by atoms with Gasteiger partial charge in [0.1, 0.15) is 5.75 Å². The number of halogens is 3. The van der Waals surface area contributed by atoms with Crippen LogP contribution in [0.2, 0.25) is 0 Å². The average Bonchev–Trinajstić information content (AvgIpc) is 2.46. The van der Waals surface area contributed by atoms with E-state index in [9.17, 15) is 18.0 Å². The van der Waals surface area contributed by atoms with E-state index in [0.29, 0.717) is 16.9 Å². The summed E-state index contributed by atoms with van der Waals surface area (Å²) < 4.78 is 43.2. The Labute approximate surface area is 118 Å². The summed E-state index contributed by atoms with van der Waals surface area (Å²) in [5.41, 5.74) is 0.111. The summed E-state index contributed by atoms with van der Waals surface area (Å²) in [5, 5.41) is 2.60. The zero-order valence-corrected chi connectivity index (χ0v) is 10.6. The normalized spacial score (nSPS) is 17.7. The second kappa shape index (κ2) is 4.80. The smallest absolute Gasteiger partial charge is 0.416 e. The summed E-state index contributed by atoms with van der Waals surface area (Å²) in [6.45, 7) is 0. The molecule has 1 atom stereocenters. The van der Waals surface area contributed by atoms with Crippen molar-refractivity contribution in [3.05, 3.63) is 65.2 Å². The molecule has 0 saturated heterocycles. The first-order chi connectivity index (χ1) is 9.95. The van der Waals surface area contributed by atoms with E-state index >= 15 is 0 Å². The van der Waals surface area contributed by atoms with Gasteiger partial charge in [-0.2, -0.15) is 13.2 Å². The highest BCUT2D eigenvalue weighted by Crippen LogP contribution is 2.32. The number of hydrogen-bond acceptors (Lipinski definition) is 2. The van der Waals surface area contributed by atoms with Crippen LogP contribution in [0.15, 0.2) is 48.5 Å². The maximum Gasteiger partial charge on any atom is 0.416 e. The highest BCUT2D eigenvalue weighted by atomic mass is 19.4. The molecule has 1 N–H and O–H groups in total. The molecule has 3 nitrogen and oxygen atoms in total. The van der Waals surface area contributed by atoms with Gasteiger partial charge in [0.15, 0.2) is 6.23 Å². The number of ether oxygens (including phenoxy) is 1. The van der Waals surface area contributed by atoms with Gasteiger partial charge in [-0.25, -0.2) is 0 Å². The van der Waals surface area contributed by atoms with Crippen molar-refractivity contribution in [1.29, 1.82) is 0 Å². The number of hydrogen-bond donors (Lipinski definition) is 1. The Bertz CT molecular complexity index is 680. The lowest BCUT2D eigenvalue weighted by molar-refractivity contribution is -0.137. The Morgan fingerprint density at radius 2 is 1.67 bits per heavy atom. The molecule has 1 aliphatic rings. The second-order valence-electron chi connectivity index (χ2n) is 4.59. The molecular weight excluding hydrogens is 283 g/mol. The van der Waals surface area contributed by atoms with Crippen LogP contribution in [-0.4, -0.2) is 5.91 Å². The number of carbonyl (C=O) groups excluding carboxylic acids is 1. The number of carbonyl (C=O) groups is 1. The zero-order valence-electron chi connectivity index (χ0n) is 10.6. The van der Waals surface area contributed by atoms with Gasteiger partial charge >= 0.3 is 6.18 Å². The van der Waals surface area contributed by atoms with E-state index in [-0.39, 0.29) is 5.91 Å². The Morgan fingerprint density at radius 3 is 2.33 bits per heavy atom. The largest absolute Gasteiger partial charge is 0.466 e. The van der Waals surface area contributed by atoms with Crippen LogP contribution in [0.3, 0.4) is 0 Å². The minimum absolute atomic E-state index is 0.318. The Balaban J connectivity index is 1.88. The SMILES string of the molecule is O=C1NC(c2ccc(C(F)(F)F)cc2)Oc2ccccc21. The quantitative estimate of drug-likeness (QED) is 0.873. The highest BCUT2D eigenvalue weighted by molar-refractivity contribution is 5.97. The van der Waals surface area contributed by atoms with Gasteiger partial charge in [-0.05, 0) is 24.3 Å². The first kappa shape index (κ1) is 13.5. The fourth-order valence-electron chi connectivity index (χ4n) is 2.11. The number of nitrogens with one attached hydrogen (secondary N) is 1. The van der Waals surface area contributed by atoms with Crippen molar-refractivity contribution in [3.8, 4) is 5.75 Å². The third kappa shape index (κ3) is 2.56. The van der Waals surface area contributed by atoms with Gasteiger partial charge in [0.2, 0.25) is 0 Å². The molecule has 1 amide bonds. The summed E-state index contributed by atoms with van der Waals surface area (Å²) in [7, 11) is 0. The molecule has 0 aliphatic carbocycles. The topological polar surface area (TPSA) is 38.3 Å². The van der Waals surface area contributed by atoms with Crippen molar-refractivity contribution in [1.82, 2.24) is 5.32 Å². The van der Waals surface area contributed by atoms with E-state index < -0.39 is 18.0 Å². The molecular formula is C15H10F3NO2. The number of benzene rings is 2. The predicted octanol–water partition coefficient (Wildman–Crippen LogP) is 3.53. The van der Waals surface area contributed by atoms with Gasteiger partial charge in [-0.1, -0.05) is 24.3 Å². The van der Waals surface area contributed by atoms with E-state index in [1.54, 1.807) is 24.3 Å². The summed E-state index contributed by atoms with van der Waals surface area (Å²) in [4.78, 5) is 11.9. The fraction of sp³-hybridized carbons (Fsp3) is 0.133. The number of amides is 1. The van der Waals surface area contributed by atoms with E-state index in [4.69, 9.17) is 4.74 Å². The monoisotopic (exact) mass is 293 g/mol. The lowest BCUT2D eigenvalue weighted by Gasteiger charge is -2.27. The third-order valence-corrected chi connectivity index (χ3v) is 3.18. The minimum atomic E-state index is -4.39. The van der Waals surface area contributed by atoms with Crippen LogP contribution < -0.4 is 10.1 Å². The van der Waals surface area contributed by atoms with Crippen LogP contribution in [-0.2, 0) is 6.18 Å². The molecule has 6 heteroatoms. The van der Waals surface area contributed by atoms with Crippen molar-refractivity contribution in [2.24, 2.45) is 0 Å². The summed E-state index contributed by atoms with van der Waals surface area (Å²) in [5.74, 6) is 0.0906. The molecule has 1 aliphatic heterocycles. The lowest BCUT2D eigenvalue weighted by atomic mass is 10.1. The summed E-state index contributed by atoms with van der Waals surface area (Å²) in [6.07, 6.45) is -5.18. The average molecular weight is 293 g/mol. The van der Waals surface area contributed by atoms with Crippen molar-refractivity contribution in [2.45, 2.75) is 12.4 Å². The number of rotatable bonds is 1. The summed E-state index contributed by atoms with van der Waals surface area (Å²) >= 11 is 0. The van der Waals surface area contributed by atoms with Crippen LogP contribution >= 0.6 is 0 Å². The molecule has 2 aromatic rings. The molecule has 1 heterocycles. The van der Waals surface area contributed by atoms with Gasteiger partial charge in [-0.15, -0.1) is 0 Å². The molecule has 21 heavy (non-hydrogen) atoms. The van der Waals surface area contributed by atoms with Crippen LogP contribution in [0.5, 0.6) is 5.75 Å². The molecule has 0 bridgehead atoms. The van der Waals surface area contributed by atoms with Gasteiger partial charge in [0.05, 0.1) is 11.1 Å². The standard InChI is InChI=1S/C15H10F3NO2/c16-15(17,18)10-7-5-9(6-8-10)14-19-13(20)11-3-1-2-4-12(11)21-14/h1-8,14H,(H,19,20). The molecule has 3 rings (SSSR count). The van der Waals surface area contributed by atoms with Gasteiger partial charge in [-0.3, -0.25) is 4.79 Å². The minimum Gasteiger partial charge on any atom is -0.466 e. The van der Waals surface area contributed by atoms with E-state index in [2.05, 4.69) is 5.32 Å². The zero-order chi connectivity index (χ0) is 15.0. The number of para-hydroxylation sites is 1. The first-order valence-corrected chi connectivity index (χ1v) is 6.19. The van der Waals surface area contributed by atoms with Crippen molar-refractivity contribution < 1.29 is 22.7 Å². The van der Waals surface area contributed by atoms with Gasteiger partial charge in [0, 0.05) is 5.56 Å². The Kier molecular flexibility index (Phi) is 3.08. The Hall–Kier alpha value is -2.50. The van der Waals surface area contributed by atoms with Crippen LogP contribution in [0.25, 0.3) is 0 Å². The molecule has 0 saturated carbocycles. The van der Waals surface area contributed by atoms with Crippen LogP contribution in [0.1, 0.15) is 27.7 Å². The molecule has 108 valence electrons. The molecule has 1 unspecified atom stereocenters. The molecule has 0 aromatic heterocycles. The van der Waals surface area contributed by atoms with Gasteiger partial charge < -0.3 is 10.1 Å². The maximum atomic E-state index is 12.5. The number of fused-ring (bicyclic) bond motifs is 1. The van der Waals surface area contributed by atoms with Crippen molar-refractivity contribution in [2.75, 3.05) is 0 Å². The molecule has 0 radical (unpaired) electrons. The lowest BCUT2D eigenvalue weighted by Crippen LogP contribution is -2.36. The van der Waals surface area contributed by atoms with Crippen LogP contribution in [0.4, 0.5) is 13.2 Å². The molecule has 0 spiro atoms. The third-order valence-electron chi connectivity index (χ3n) is 3.18. The van der Waals surface area contributed by atoms with E-state index in [1.807, 2.05) is 0 Å². The van der Waals surface area contributed by atoms with Crippen LogP contribution in [0, 0.1) is 0 Å². The highest BCUT2D eigenvalue weighted by Gasteiger charge is 2.31. The predicted molar refractivity (Wildman–Crippen MR) is 68.7 cm³/mol. The van der Waals surface area contributed by atoms with E-state index in [1.165, 1.54) is 12.1 Å². The maximum absolute atomic E-state index is 12.5. The van der Waals surface area contributed by atoms with Crippen molar-refractivity contribution in [3.63, 3.8) is 0 Å². The van der Waals surface area contributed by atoms with Gasteiger partial charge in [0.25, 0.3) is 5.91 Å². The number of alkyl halides is 3. The molecule has 2 aromatic carbocycles. The van der Waals surface area contributed by atoms with Crippen molar-refractivity contribution >= 4 is 5.91 Å². The Morgan fingerprint density at radius 1 is 1.00 bits per heavy atom. The second-order valence-corrected chi connectivity index (χ2v) is 4.59. The summed E-state index contributed by atoms with van der Waals surface area (Å²) in [6, 6.07) is 11.2. The fourth-order valence-corrected chi connectivity index (χ4v) is 2.11.